The largest absolute Gasteiger partial charge is 0.396 e. The highest BCUT2D eigenvalue weighted by atomic mass is 32.1. The monoisotopic (exact) mass is 289 g/mol. The van der Waals surface area contributed by atoms with Crippen molar-refractivity contribution in [3.05, 3.63) is 34.4 Å². The molecule has 5 nitrogen and oxygen atoms in total. The van der Waals surface area contributed by atoms with Crippen LogP contribution in [0.1, 0.15) is 10.7 Å². The van der Waals surface area contributed by atoms with Gasteiger partial charge in [0, 0.05) is 43.4 Å². The zero-order chi connectivity index (χ0) is 13.9. The highest BCUT2D eigenvalue weighted by Gasteiger charge is 2.20. The highest BCUT2D eigenvalue weighted by molar-refractivity contribution is 7.09. The summed E-state index contributed by atoms with van der Waals surface area (Å²) in [5.41, 5.74) is 7.86. The quantitative estimate of drug-likeness (QED) is 0.933. The molecular formula is C14H19N5S. The summed E-state index contributed by atoms with van der Waals surface area (Å²) >= 11 is 1.74. The third kappa shape index (κ3) is 2.91. The molecule has 0 radical (unpaired) electrons. The number of nitrogens with zero attached hydrogens (tertiary/aromatic N) is 4. The lowest BCUT2D eigenvalue weighted by molar-refractivity contribution is 0.249. The van der Waals surface area contributed by atoms with Crippen LogP contribution in [0.3, 0.4) is 0 Å². The van der Waals surface area contributed by atoms with Gasteiger partial charge in [-0.3, -0.25) is 4.90 Å². The molecule has 1 aliphatic heterocycles. The molecule has 1 aliphatic rings. The van der Waals surface area contributed by atoms with Crippen molar-refractivity contribution in [2.45, 2.75) is 13.5 Å². The van der Waals surface area contributed by atoms with Crippen molar-refractivity contribution in [2.24, 2.45) is 0 Å². The first-order valence-electron chi connectivity index (χ1n) is 6.81. The molecule has 106 valence electrons. The molecule has 0 atom stereocenters. The molecule has 2 N–H and O–H groups in total. The second kappa shape index (κ2) is 5.76. The van der Waals surface area contributed by atoms with Gasteiger partial charge in [-0.15, -0.1) is 11.3 Å². The molecule has 0 spiro atoms. The Balaban J connectivity index is 1.58. The standard InChI is InChI=1S/C14H19N5S/c1-11-10-20-13(17-11)9-18-5-7-19(8-6-18)14-12(15)3-2-4-16-14/h2-4,10H,5-9,15H2,1H3. The number of aromatic nitrogens is 2. The Hall–Kier alpha value is -1.66. The third-order valence-corrected chi connectivity index (χ3v) is 4.47. The van der Waals surface area contributed by atoms with Gasteiger partial charge in [0.25, 0.3) is 0 Å². The van der Waals surface area contributed by atoms with E-state index in [1.54, 1.807) is 17.5 Å². The number of pyridine rings is 1. The van der Waals surface area contributed by atoms with Crippen molar-refractivity contribution in [3.8, 4) is 0 Å². The summed E-state index contributed by atoms with van der Waals surface area (Å²) in [5, 5.41) is 3.31. The molecule has 1 fully saturated rings. The average Bonchev–Trinajstić information content (AvgIpc) is 2.86. The van der Waals surface area contributed by atoms with Crippen LogP contribution in [0.15, 0.2) is 23.7 Å². The number of thiazole rings is 1. The highest BCUT2D eigenvalue weighted by Crippen LogP contribution is 2.21. The van der Waals surface area contributed by atoms with Crippen LogP contribution in [0.5, 0.6) is 0 Å². The van der Waals surface area contributed by atoms with Crippen LogP contribution in [0.25, 0.3) is 0 Å². The van der Waals surface area contributed by atoms with E-state index in [2.05, 4.69) is 25.1 Å². The fourth-order valence-corrected chi connectivity index (χ4v) is 3.27. The minimum Gasteiger partial charge on any atom is -0.396 e. The second-order valence-electron chi connectivity index (χ2n) is 5.06. The lowest BCUT2D eigenvalue weighted by Gasteiger charge is -2.35. The molecule has 0 aromatic carbocycles. The molecule has 0 amide bonds. The van der Waals surface area contributed by atoms with Crippen LogP contribution in [0.2, 0.25) is 0 Å². The van der Waals surface area contributed by atoms with Gasteiger partial charge in [-0.05, 0) is 19.1 Å². The molecular weight excluding hydrogens is 270 g/mol. The van der Waals surface area contributed by atoms with E-state index in [1.165, 1.54) is 5.01 Å². The number of rotatable bonds is 3. The summed E-state index contributed by atoms with van der Waals surface area (Å²) in [6.45, 7) is 6.96. The first-order chi connectivity index (χ1) is 9.72. The SMILES string of the molecule is Cc1csc(CN2CCN(c3ncccc3N)CC2)n1. The number of anilines is 2. The molecule has 3 heterocycles. The summed E-state index contributed by atoms with van der Waals surface area (Å²) in [7, 11) is 0. The molecule has 0 aliphatic carbocycles. The summed E-state index contributed by atoms with van der Waals surface area (Å²) < 4.78 is 0. The van der Waals surface area contributed by atoms with Gasteiger partial charge in [-0.1, -0.05) is 0 Å². The van der Waals surface area contributed by atoms with Crippen LogP contribution in [-0.2, 0) is 6.54 Å². The van der Waals surface area contributed by atoms with Crippen LogP contribution in [-0.4, -0.2) is 41.0 Å². The molecule has 0 saturated carbocycles. The second-order valence-corrected chi connectivity index (χ2v) is 6.00. The van der Waals surface area contributed by atoms with Gasteiger partial charge in [0.05, 0.1) is 12.2 Å². The molecule has 6 heteroatoms. The first-order valence-corrected chi connectivity index (χ1v) is 7.69. The van der Waals surface area contributed by atoms with Crippen molar-refractivity contribution in [1.82, 2.24) is 14.9 Å². The van der Waals surface area contributed by atoms with Crippen molar-refractivity contribution in [1.29, 1.82) is 0 Å². The van der Waals surface area contributed by atoms with E-state index in [9.17, 15) is 0 Å². The van der Waals surface area contributed by atoms with E-state index < -0.39 is 0 Å². The summed E-state index contributed by atoms with van der Waals surface area (Å²) in [4.78, 5) is 13.6. The Bertz CT molecular complexity index is 574. The predicted octanol–water partition coefficient (Wildman–Crippen LogP) is 1.75. The Kier molecular flexibility index (Phi) is 3.84. The van der Waals surface area contributed by atoms with Gasteiger partial charge in [0.15, 0.2) is 5.82 Å². The zero-order valence-corrected chi connectivity index (χ0v) is 12.4. The predicted molar refractivity (Wildman–Crippen MR) is 83.0 cm³/mol. The Morgan fingerprint density at radius 1 is 1.30 bits per heavy atom. The smallest absolute Gasteiger partial charge is 0.151 e. The van der Waals surface area contributed by atoms with Gasteiger partial charge < -0.3 is 10.6 Å². The van der Waals surface area contributed by atoms with Gasteiger partial charge in [-0.25, -0.2) is 9.97 Å². The fourth-order valence-electron chi connectivity index (χ4n) is 2.46. The minimum absolute atomic E-state index is 0.761. The summed E-state index contributed by atoms with van der Waals surface area (Å²) in [5.74, 6) is 0.914. The van der Waals surface area contributed by atoms with E-state index in [0.29, 0.717) is 0 Å². The number of hydrogen-bond acceptors (Lipinski definition) is 6. The van der Waals surface area contributed by atoms with Crippen molar-refractivity contribution in [2.75, 3.05) is 36.8 Å². The Labute approximate surface area is 123 Å². The number of piperazine rings is 1. The topological polar surface area (TPSA) is 58.3 Å². The zero-order valence-electron chi connectivity index (χ0n) is 11.6. The number of nitrogen functional groups attached to an aromatic ring is 1. The maximum Gasteiger partial charge on any atom is 0.151 e. The molecule has 2 aromatic heterocycles. The Morgan fingerprint density at radius 3 is 2.75 bits per heavy atom. The molecule has 20 heavy (non-hydrogen) atoms. The molecule has 0 unspecified atom stereocenters. The Morgan fingerprint density at radius 2 is 2.10 bits per heavy atom. The number of aryl methyl sites for hydroxylation is 1. The minimum atomic E-state index is 0.761. The van der Waals surface area contributed by atoms with Gasteiger partial charge in [0.2, 0.25) is 0 Å². The molecule has 2 aromatic rings. The third-order valence-electron chi connectivity index (χ3n) is 3.51. The van der Waals surface area contributed by atoms with Gasteiger partial charge in [-0.2, -0.15) is 0 Å². The van der Waals surface area contributed by atoms with E-state index in [4.69, 9.17) is 5.73 Å². The van der Waals surface area contributed by atoms with E-state index in [0.717, 1.165) is 49.9 Å². The van der Waals surface area contributed by atoms with E-state index in [1.807, 2.05) is 19.1 Å². The number of hydrogen-bond donors (Lipinski definition) is 1. The van der Waals surface area contributed by atoms with Crippen molar-refractivity contribution < 1.29 is 0 Å². The normalized spacial score (nSPS) is 16.6. The molecule has 1 saturated heterocycles. The lowest BCUT2D eigenvalue weighted by Crippen LogP contribution is -2.46. The van der Waals surface area contributed by atoms with Crippen molar-refractivity contribution >= 4 is 22.8 Å². The maximum atomic E-state index is 5.99. The van der Waals surface area contributed by atoms with Crippen LogP contribution in [0, 0.1) is 6.92 Å². The molecule has 3 rings (SSSR count). The van der Waals surface area contributed by atoms with E-state index in [-0.39, 0.29) is 0 Å². The number of nitrogens with two attached hydrogens (primary N) is 1. The average molecular weight is 289 g/mol. The summed E-state index contributed by atoms with van der Waals surface area (Å²) in [6, 6.07) is 3.78. The van der Waals surface area contributed by atoms with Crippen LogP contribution in [0.4, 0.5) is 11.5 Å². The lowest BCUT2D eigenvalue weighted by atomic mass is 10.3. The van der Waals surface area contributed by atoms with Crippen LogP contribution >= 0.6 is 11.3 Å². The maximum absolute atomic E-state index is 5.99. The van der Waals surface area contributed by atoms with E-state index >= 15 is 0 Å². The fraction of sp³-hybridized carbons (Fsp3) is 0.429. The van der Waals surface area contributed by atoms with Gasteiger partial charge in [0.1, 0.15) is 5.01 Å². The first kappa shape index (κ1) is 13.3. The van der Waals surface area contributed by atoms with Gasteiger partial charge >= 0.3 is 0 Å². The van der Waals surface area contributed by atoms with Crippen molar-refractivity contribution in [3.63, 3.8) is 0 Å². The van der Waals surface area contributed by atoms with Crippen LogP contribution < -0.4 is 10.6 Å². The molecule has 0 bridgehead atoms. The summed E-state index contributed by atoms with van der Waals surface area (Å²) in [6.07, 6.45) is 1.80.